The van der Waals surface area contributed by atoms with Crippen LogP contribution < -0.4 is 0 Å². The van der Waals surface area contributed by atoms with Gasteiger partial charge in [0.1, 0.15) is 17.3 Å². The fraction of sp³-hybridized carbons (Fsp3) is 0.556. The first kappa shape index (κ1) is 15.3. The first-order chi connectivity index (χ1) is 11.6. The second-order valence-electron chi connectivity index (χ2n) is 7.26. The van der Waals surface area contributed by atoms with E-state index in [1.54, 1.807) is 12.3 Å². The van der Waals surface area contributed by atoms with E-state index in [9.17, 15) is 4.79 Å². The predicted octanol–water partition coefficient (Wildman–Crippen LogP) is 2.10. The number of carbonyl (C=O) groups excluding carboxylic acids is 1. The van der Waals surface area contributed by atoms with Gasteiger partial charge in [-0.25, -0.2) is 0 Å². The fourth-order valence-electron chi connectivity index (χ4n) is 3.97. The number of aromatic nitrogens is 4. The highest BCUT2D eigenvalue weighted by Gasteiger charge is 2.41. The molecule has 1 amide bonds. The highest BCUT2D eigenvalue weighted by molar-refractivity contribution is 5.93. The zero-order chi connectivity index (χ0) is 16.7. The van der Waals surface area contributed by atoms with Gasteiger partial charge in [0.15, 0.2) is 0 Å². The lowest BCUT2D eigenvalue weighted by molar-refractivity contribution is 0.0659. The van der Waals surface area contributed by atoms with Gasteiger partial charge in [-0.2, -0.15) is 0 Å². The second kappa shape index (κ2) is 6.00. The summed E-state index contributed by atoms with van der Waals surface area (Å²) >= 11 is 0. The lowest BCUT2D eigenvalue weighted by Crippen LogP contribution is -2.42. The molecule has 126 valence electrons. The second-order valence-corrected chi connectivity index (χ2v) is 7.26. The van der Waals surface area contributed by atoms with Crippen LogP contribution in [0.25, 0.3) is 0 Å². The van der Waals surface area contributed by atoms with E-state index in [1.807, 2.05) is 12.1 Å². The molecule has 1 saturated heterocycles. The number of nitrogens with zero attached hydrogens (tertiary/aromatic N) is 5. The molecule has 2 aromatic heterocycles. The molecule has 2 aliphatic heterocycles. The van der Waals surface area contributed by atoms with Crippen molar-refractivity contribution in [3.05, 3.63) is 41.7 Å². The summed E-state index contributed by atoms with van der Waals surface area (Å²) < 4.78 is 2.25. The monoisotopic (exact) mass is 325 g/mol. The van der Waals surface area contributed by atoms with Gasteiger partial charge in [0.25, 0.3) is 5.91 Å². The first-order valence-corrected chi connectivity index (χ1v) is 8.78. The quantitative estimate of drug-likeness (QED) is 0.867. The van der Waals surface area contributed by atoms with Crippen LogP contribution in [0.3, 0.4) is 0 Å². The number of carbonyl (C=O) groups is 1. The van der Waals surface area contributed by atoms with Crippen LogP contribution in [0.1, 0.15) is 48.8 Å². The Morgan fingerprint density at radius 1 is 1.25 bits per heavy atom. The third-order valence-electron chi connectivity index (χ3n) is 5.04. The molecule has 2 bridgehead atoms. The Labute approximate surface area is 141 Å². The normalized spacial score (nSPS) is 22.5. The summed E-state index contributed by atoms with van der Waals surface area (Å²) in [4.78, 5) is 19.3. The summed E-state index contributed by atoms with van der Waals surface area (Å²) in [6.07, 6.45) is 5.49. The van der Waals surface area contributed by atoms with Crippen molar-refractivity contribution in [2.75, 3.05) is 0 Å². The predicted molar refractivity (Wildman–Crippen MR) is 89.5 cm³/mol. The molecule has 1 fully saturated rings. The minimum atomic E-state index is 0.0484. The van der Waals surface area contributed by atoms with Gasteiger partial charge in [0.2, 0.25) is 0 Å². The number of amides is 1. The molecule has 0 aliphatic carbocycles. The van der Waals surface area contributed by atoms with E-state index >= 15 is 0 Å². The third-order valence-corrected chi connectivity index (χ3v) is 5.04. The van der Waals surface area contributed by atoms with E-state index in [0.29, 0.717) is 11.6 Å². The molecule has 0 radical (unpaired) electrons. The summed E-state index contributed by atoms with van der Waals surface area (Å²) in [5, 5.41) is 8.82. The zero-order valence-electron chi connectivity index (χ0n) is 14.2. The molecule has 6 heteroatoms. The number of rotatable bonds is 3. The molecule has 0 unspecified atom stereocenters. The maximum absolute atomic E-state index is 13.0. The van der Waals surface area contributed by atoms with Crippen molar-refractivity contribution in [3.8, 4) is 0 Å². The number of fused-ring (bicyclic) bond motifs is 3. The molecule has 24 heavy (non-hydrogen) atoms. The molecule has 2 aromatic rings. The van der Waals surface area contributed by atoms with Gasteiger partial charge in [-0.15, -0.1) is 10.2 Å². The van der Waals surface area contributed by atoms with Gasteiger partial charge in [0.05, 0.1) is 6.04 Å². The summed E-state index contributed by atoms with van der Waals surface area (Å²) in [7, 11) is 0. The van der Waals surface area contributed by atoms with Crippen molar-refractivity contribution in [2.45, 2.75) is 58.2 Å². The molecule has 0 aromatic carbocycles. The van der Waals surface area contributed by atoms with Crippen molar-refractivity contribution >= 4 is 5.91 Å². The fourth-order valence-corrected chi connectivity index (χ4v) is 3.97. The maximum Gasteiger partial charge on any atom is 0.273 e. The van der Waals surface area contributed by atoms with Crippen LogP contribution in [0.2, 0.25) is 0 Å². The third kappa shape index (κ3) is 2.60. The Morgan fingerprint density at radius 3 is 2.83 bits per heavy atom. The van der Waals surface area contributed by atoms with E-state index in [4.69, 9.17) is 0 Å². The van der Waals surface area contributed by atoms with Gasteiger partial charge in [-0.1, -0.05) is 19.9 Å². The molecular weight excluding hydrogens is 302 g/mol. The van der Waals surface area contributed by atoms with Gasteiger partial charge in [-0.3, -0.25) is 9.78 Å². The minimum absolute atomic E-state index is 0.0484. The van der Waals surface area contributed by atoms with E-state index in [-0.39, 0.29) is 18.0 Å². The van der Waals surface area contributed by atoms with Crippen LogP contribution in [-0.2, 0) is 19.4 Å². The lowest BCUT2D eigenvalue weighted by atomic mass is 10.1. The minimum Gasteiger partial charge on any atom is -0.329 e. The first-order valence-electron chi connectivity index (χ1n) is 8.78. The van der Waals surface area contributed by atoms with Gasteiger partial charge in [-0.05, 0) is 30.9 Å². The molecule has 4 rings (SSSR count). The Bertz CT molecular complexity index is 739. The van der Waals surface area contributed by atoms with Crippen molar-refractivity contribution in [2.24, 2.45) is 5.92 Å². The molecule has 2 atom stereocenters. The zero-order valence-corrected chi connectivity index (χ0v) is 14.2. The Kier molecular flexibility index (Phi) is 3.82. The van der Waals surface area contributed by atoms with E-state index < -0.39 is 0 Å². The molecule has 0 N–H and O–H groups in total. The van der Waals surface area contributed by atoms with E-state index in [1.165, 1.54) is 0 Å². The highest BCUT2D eigenvalue weighted by atomic mass is 16.2. The van der Waals surface area contributed by atoms with E-state index in [0.717, 1.165) is 43.9 Å². The maximum atomic E-state index is 13.0. The van der Waals surface area contributed by atoms with Crippen LogP contribution in [0.5, 0.6) is 0 Å². The van der Waals surface area contributed by atoms with Crippen LogP contribution >= 0.6 is 0 Å². The van der Waals surface area contributed by atoms with Gasteiger partial charge in [0, 0.05) is 31.6 Å². The van der Waals surface area contributed by atoms with Crippen molar-refractivity contribution in [1.29, 1.82) is 0 Å². The summed E-state index contributed by atoms with van der Waals surface area (Å²) in [6.45, 7) is 5.20. The standard InChI is InChI=1S/C18H23N5O/c1-12(2)9-16-20-21-17-10-13-6-7-14(11-22(16)17)23(13)18(24)15-5-3-4-8-19-15/h3-5,8,12-14H,6-7,9-11H2,1-2H3/t13-,14+/m0/s1. The van der Waals surface area contributed by atoms with Crippen LogP contribution in [0, 0.1) is 5.92 Å². The number of pyridine rings is 1. The van der Waals surface area contributed by atoms with Gasteiger partial charge < -0.3 is 9.47 Å². The summed E-state index contributed by atoms with van der Waals surface area (Å²) in [5.74, 6) is 2.67. The molecule has 4 heterocycles. The lowest BCUT2D eigenvalue weighted by Gasteiger charge is -2.27. The van der Waals surface area contributed by atoms with Crippen molar-refractivity contribution < 1.29 is 4.79 Å². The topological polar surface area (TPSA) is 63.9 Å². The van der Waals surface area contributed by atoms with Crippen LogP contribution in [0.15, 0.2) is 24.4 Å². The van der Waals surface area contributed by atoms with Crippen molar-refractivity contribution in [3.63, 3.8) is 0 Å². The average molecular weight is 325 g/mol. The largest absolute Gasteiger partial charge is 0.329 e. The number of hydrogen-bond acceptors (Lipinski definition) is 4. The highest BCUT2D eigenvalue weighted by Crippen LogP contribution is 2.32. The summed E-state index contributed by atoms with van der Waals surface area (Å²) in [6, 6.07) is 5.94. The van der Waals surface area contributed by atoms with Crippen LogP contribution in [0.4, 0.5) is 0 Å². The molecule has 0 spiro atoms. The smallest absolute Gasteiger partial charge is 0.273 e. The molecule has 0 saturated carbocycles. The van der Waals surface area contributed by atoms with E-state index in [2.05, 4.69) is 38.5 Å². The molecular formula is C18H23N5O. The Hall–Kier alpha value is -2.24. The summed E-state index contributed by atoms with van der Waals surface area (Å²) in [5.41, 5.74) is 0.537. The Morgan fingerprint density at radius 2 is 2.08 bits per heavy atom. The average Bonchev–Trinajstić information content (AvgIpc) is 3.07. The van der Waals surface area contributed by atoms with Gasteiger partial charge >= 0.3 is 0 Å². The SMILES string of the molecule is CC(C)Cc1nnc2n1C[C@H]1CC[C@@H](C2)N1C(=O)c1ccccn1. The molecule has 6 nitrogen and oxygen atoms in total. The molecule has 2 aliphatic rings. The van der Waals surface area contributed by atoms with Crippen molar-refractivity contribution in [1.82, 2.24) is 24.6 Å². The Balaban J connectivity index is 1.63. The number of hydrogen-bond donors (Lipinski definition) is 0. The van der Waals surface area contributed by atoms with Crippen LogP contribution in [-0.4, -0.2) is 42.6 Å².